The molecule has 1 aromatic heterocycles. The van der Waals surface area contributed by atoms with Gasteiger partial charge in [-0.3, -0.25) is 4.90 Å². The van der Waals surface area contributed by atoms with Crippen LogP contribution < -0.4 is 4.74 Å². The van der Waals surface area contributed by atoms with E-state index in [-0.39, 0.29) is 12.0 Å². The third-order valence-electron chi connectivity index (χ3n) is 6.54. The Morgan fingerprint density at radius 2 is 1.77 bits per heavy atom. The van der Waals surface area contributed by atoms with Gasteiger partial charge in [0.15, 0.2) is 9.84 Å². The van der Waals surface area contributed by atoms with Crippen molar-refractivity contribution in [1.82, 2.24) is 4.90 Å². The van der Waals surface area contributed by atoms with Crippen molar-refractivity contribution < 1.29 is 13.2 Å². The Morgan fingerprint density at radius 1 is 1.10 bits per heavy atom. The molecule has 0 N–H and O–H groups in total. The summed E-state index contributed by atoms with van der Waals surface area (Å²) < 4.78 is 32.4. The number of fused-ring (bicyclic) bond motifs is 2. The number of benzene rings is 1. The van der Waals surface area contributed by atoms with Crippen molar-refractivity contribution in [2.75, 3.05) is 5.88 Å². The van der Waals surface area contributed by atoms with Crippen LogP contribution in [-0.4, -0.2) is 37.4 Å². The van der Waals surface area contributed by atoms with E-state index in [4.69, 9.17) is 4.74 Å². The molecule has 2 aliphatic rings. The number of thiophene rings is 1. The minimum Gasteiger partial charge on any atom is -0.490 e. The standard InChI is InChI=1S/C24H33NO3S2/c1-4-5-6-19-7-11-22(12-8-19)28-23-14-20-9-10-21(15-23)25(20)16-30(26,27)24-13-17(2)29-18(24)3/h7-8,11-13,20-21,23H,4-6,9-10,14-16H2,1-3H3/t20-,21+,23?. The zero-order chi connectivity index (χ0) is 21.3. The minimum absolute atomic E-state index is 0.137. The fourth-order valence-corrected chi connectivity index (χ4v) is 8.17. The number of ether oxygens (including phenoxy) is 1. The topological polar surface area (TPSA) is 46.6 Å². The highest BCUT2D eigenvalue weighted by atomic mass is 32.2. The van der Waals surface area contributed by atoms with E-state index < -0.39 is 9.84 Å². The van der Waals surface area contributed by atoms with Crippen molar-refractivity contribution in [3.63, 3.8) is 0 Å². The predicted molar refractivity (Wildman–Crippen MR) is 123 cm³/mol. The van der Waals surface area contributed by atoms with Gasteiger partial charge in [0, 0.05) is 21.8 Å². The quantitative estimate of drug-likeness (QED) is 0.535. The van der Waals surface area contributed by atoms with Gasteiger partial charge < -0.3 is 4.74 Å². The molecule has 0 amide bonds. The lowest BCUT2D eigenvalue weighted by atomic mass is 10.0. The molecule has 2 aromatic rings. The maximum absolute atomic E-state index is 13.1. The van der Waals surface area contributed by atoms with Gasteiger partial charge in [-0.05, 0) is 76.1 Å². The fraction of sp³-hybridized carbons (Fsp3) is 0.583. The molecule has 4 rings (SSSR count). The van der Waals surface area contributed by atoms with Crippen molar-refractivity contribution >= 4 is 21.2 Å². The molecule has 164 valence electrons. The van der Waals surface area contributed by atoms with Gasteiger partial charge in [0.2, 0.25) is 0 Å². The molecular weight excluding hydrogens is 414 g/mol. The fourth-order valence-electron chi connectivity index (χ4n) is 5.02. The summed E-state index contributed by atoms with van der Waals surface area (Å²) in [7, 11) is -3.29. The number of hydrogen-bond donors (Lipinski definition) is 0. The molecule has 3 heterocycles. The lowest BCUT2D eigenvalue weighted by molar-refractivity contribution is 0.0609. The first-order valence-electron chi connectivity index (χ1n) is 11.2. The van der Waals surface area contributed by atoms with E-state index in [9.17, 15) is 8.42 Å². The Labute approximate surface area is 185 Å². The number of piperidine rings is 1. The normalized spacial score (nSPS) is 24.3. The Morgan fingerprint density at radius 3 is 2.33 bits per heavy atom. The second-order valence-electron chi connectivity index (χ2n) is 8.88. The minimum atomic E-state index is -3.29. The van der Waals surface area contributed by atoms with Gasteiger partial charge in [-0.15, -0.1) is 11.3 Å². The first-order chi connectivity index (χ1) is 14.4. The SMILES string of the molecule is CCCCc1ccc(OC2C[C@H]3CC[C@@H](C2)N3CS(=O)(=O)c2cc(C)sc2C)cc1. The van der Waals surface area contributed by atoms with E-state index in [1.807, 2.05) is 19.9 Å². The van der Waals surface area contributed by atoms with Crippen molar-refractivity contribution in [2.24, 2.45) is 0 Å². The van der Waals surface area contributed by atoms with Crippen LogP contribution in [-0.2, 0) is 16.3 Å². The third kappa shape index (κ3) is 4.76. The van der Waals surface area contributed by atoms with E-state index in [1.165, 1.54) is 18.4 Å². The average Bonchev–Trinajstić information content (AvgIpc) is 3.15. The van der Waals surface area contributed by atoms with Crippen molar-refractivity contribution in [1.29, 1.82) is 0 Å². The van der Waals surface area contributed by atoms with Crippen molar-refractivity contribution in [3.8, 4) is 5.75 Å². The van der Waals surface area contributed by atoms with Gasteiger partial charge in [-0.1, -0.05) is 25.5 Å². The van der Waals surface area contributed by atoms with E-state index in [1.54, 1.807) is 11.3 Å². The van der Waals surface area contributed by atoms with Crippen LogP contribution in [0.4, 0.5) is 0 Å². The van der Waals surface area contributed by atoms with E-state index in [0.29, 0.717) is 17.0 Å². The highest BCUT2D eigenvalue weighted by Crippen LogP contribution is 2.39. The summed E-state index contributed by atoms with van der Waals surface area (Å²) in [5.41, 5.74) is 1.36. The Balaban J connectivity index is 1.38. The molecule has 0 spiro atoms. The van der Waals surface area contributed by atoms with Gasteiger partial charge in [0.05, 0.1) is 4.90 Å². The smallest absolute Gasteiger partial charge is 0.192 e. The first-order valence-corrected chi connectivity index (χ1v) is 13.6. The molecule has 0 radical (unpaired) electrons. The van der Waals surface area contributed by atoms with Gasteiger partial charge in [-0.25, -0.2) is 8.42 Å². The highest BCUT2D eigenvalue weighted by molar-refractivity contribution is 7.91. The van der Waals surface area contributed by atoms with Gasteiger partial charge in [0.1, 0.15) is 17.7 Å². The summed E-state index contributed by atoms with van der Waals surface area (Å²) >= 11 is 1.56. The second-order valence-corrected chi connectivity index (χ2v) is 12.3. The molecule has 3 atom stereocenters. The zero-order valence-corrected chi connectivity index (χ0v) is 19.9. The van der Waals surface area contributed by atoms with Crippen LogP contribution in [0.2, 0.25) is 0 Å². The first kappa shape index (κ1) is 21.8. The molecular formula is C24H33NO3S2. The summed E-state index contributed by atoms with van der Waals surface area (Å²) in [4.78, 5) is 4.71. The van der Waals surface area contributed by atoms with Crippen LogP contribution in [0.3, 0.4) is 0 Å². The second kappa shape index (κ2) is 9.01. The molecule has 6 heteroatoms. The molecule has 0 aliphatic carbocycles. The van der Waals surface area contributed by atoms with Gasteiger partial charge in [0.25, 0.3) is 0 Å². The molecule has 2 saturated heterocycles. The Hall–Kier alpha value is -1.37. The van der Waals surface area contributed by atoms with E-state index in [0.717, 1.165) is 47.6 Å². The lowest BCUT2D eigenvalue weighted by Crippen LogP contribution is -2.48. The molecule has 2 fully saturated rings. The monoisotopic (exact) mass is 447 g/mol. The Bertz CT molecular complexity index is 951. The molecule has 1 aromatic carbocycles. The summed E-state index contributed by atoms with van der Waals surface area (Å²) in [5.74, 6) is 1.07. The Kier molecular flexibility index (Phi) is 6.56. The van der Waals surface area contributed by atoms with E-state index >= 15 is 0 Å². The number of aryl methyl sites for hydroxylation is 3. The zero-order valence-electron chi connectivity index (χ0n) is 18.3. The number of nitrogens with zero attached hydrogens (tertiary/aromatic N) is 1. The summed E-state index contributed by atoms with van der Waals surface area (Å²) in [6.07, 6.45) is 7.67. The van der Waals surface area contributed by atoms with E-state index in [2.05, 4.69) is 36.1 Å². The molecule has 2 bridgehead atoms. The van der Waals surface area contributed by atoms with Crippen LogP contribution in [0.15, 0.2) is 35.2 Å². The maximum Gasteiger partial charge on any atom is 0.192 e. The number of unbranched alkanes of at least 4 members (excludes halogenated alkanes) is 1. The molecule has 1 unspecified atom stereocenters. The molecule has 4 nitrogen and oxygen atoms in total. The summed E-state index contributed by atoms with van der Waals surface area (Å²) in [5, 5.41) is 0. The number of rotatable bonds is 8. The van der Waals surface area contributed by atoms with Crippen LogP contribution in [0.1, 0.15) is 60.8 Å². The van der Waals surface area contributed by atoms with Gasteiger partial charge in [-0.2, -0.15) is 0 Å². The van der Waals surface area contributed by atoms with Crippen molar-refractivity contribution in [2.45, 2.75) is 88.8 Å². The summed E-state index contributed by atoms with van der Waals surface area (Å²) in [6.45, 7) is 6.10. The highest BCUT2D eigenvalue weighted by Gasteiger charge is 2.43. The van der Waals surface area contributed by atoms with Crippen LogP contribution in [0.5, 0.6) is 5.75 Å². The number of sulfone groups is 1. The molecule has 0 saturated carbocycles. The maximum atomic E-state index is 13.1. The van der Waals surface area contributed by atoms with Gasteiger partial charge >= 0.3 is 0 Å². The third-order valence-corrected chi connectivity index (χ3v) is 9.36. The van der Waals surface area contributed by atoms with Crippen LogP contribution in [0, 0.1) is 13.8 Å². The average molecular weight is 448 g/mol. The largest absolute Gasteiger partial charge is 0.490 e. The van der Waals surface area contributed by atoms with Crippen LogP contribution >= 0.6 is 11.3 Å². The van der Waals surface area contributed by atoms with Crippen LogP contribution in [0.25, 0.3) is 0 Å². The summed E-state index contributed by atoms with van der Waals surface area (Å²) in [6, 6.07) is 11.0. The number of hydrogen-bond acceptors (Lipinski definition) is 5. The predicted octanol–water partition coefficient (Wildman–Crippen LogP) is 5.51. The lowest BCUT2D eigenvalue weighted by Gasteiger charge is -2.38. The molecule has 30 heavy (non-hydrogen) atoms. The van der Waals surface area contributed by atoms with Crippen molar-refractivity contribution in [3.05, 3.63) is 45.6 Å². The molecule has 2 aliphatic heterocycles.